The van der Waals surface area contributed by atoms with Crippen LogP contribution in [-0.2, 0) is 17.8 Å². The molecule has 1 amide bonds. The average molecular weight is 333 g/mol. The van der Waals surface area contributed by atoms with Crippen LogP contribution in [0.25, 0.3) is 0 Å². The average Bonchev–Trinajstić information content (AvgIpc) is 2.86. The highest BCUT2D eigenvalue weighted by Gasteiger charge is 2.12. The van der Waals surface area contributed by atoms with Crippen LogP contribution in [0.1, 0.15) is 15.6 Å². The normalized spacial score (nSPS) is 10.8. The van der Waals surface area contributed by atoms with Gasteiger partial charge in [0.1, 0.15) is 17.4 Å². The van der Waals surface area contributed by atoms with E-state index in [4.69, 9.17) is 4.74 Å². The Hall–Kier alpha value is -1.92. The molecule has 124 valence electrons. The smallest absolute Gasteiger partial charge is 0.225 e. The lowest BCUT2D eigenvalue weighted by Crippen LogP contribution is -2.32. The van der Waals surface area contributed by atoms with Crippen molar-refractivity contribution in [2.75, 3.05) is 27.2 Å². The van der Waals surface area contributed by atoms with E-state index in [0.717, 1.165) is 27.9 Å². The number of rotatable bonds is 8. The molecule has 0 aliphatic heterocycles. The van der Waals surface area contributed by atoms with Crippen molar-refractivity contribution in [3.05, 3.63) is 45.9 Å². The number of hydrogen-bond donors (Lipinski definition) is 1. The number of benzene rings is 1. The summed E-state index contributed by atoms with van der Waals surface area (Å²) in [6.45, 7) is 3.86. The van der Waals surface area contributed by atoms with E-state index < -0.39 is 0 Å². The van der Waals surface area contributed by atoms with Gasteiger partial charge in [-0.1, -0.05) is 18.2 Å². The molecule has 0 unspecified atom stereocenters. The Morgan fingerprint density at radius 1 is 1.30 bits per heavy atom. The predicted octanol–water partition coefficient (Wildman–Crippen LogP) is 2.25. The van der Waals surface area contributed by atoms with Crippen molar-refractivity contribution in [1.82, 2.24) is 15.2 Å². The molecule has 0 saturated heterocycles. The van der Waals surface area contributed by atoms with Crippen molar-refractivity contribution in [3.8, 4) is 5.75 Å². The summed E-state index contributed by atoms with van der Waals surface area (Å²) in [7, 11) is 3.97. The number of amides is 1. The van der Waals surface area contributed by atoms with Crippen molar-refractivity contribution < 1.29 is 9.53 Å². The zero-order valence-corrected chi connectivity index (χ0v) is 14.7. The third-order valence-electron chi connectivity index (χ3n) is 3.24. The predicted molar refractivity (Wildman–Crippen MR) is 92.9 cm³/mol. The van der Waals surface area contributed by atoms with Crippen LogP contribution >= 0.6 is 11.3 Å². The molecule has 1 N–H and O–H groups in total. The van der Waals surface area contributed by atoms with E-state index in [1.54, 1.807) is 0 Å². The first-order chi connectivity index (χ1) is 11.0. The van der Waals surface area contributed by atoms with Gasteiger partial charge in [0.15, 0.2) is 0 Å². The minimum atomic E-state index is 0.0362. The Morgan fingerprint density at radius 3 is 2.74 bits per heavy atom. The number of carbonyl (C=O) groups is 1. The number of nitrogens with zero attached hydrogens (tertiary/aromatic N) is 2. The van der Waals surface area contributed by atoms with Crippen LogP contribution in [0.4, 0.5) is 0 Å². The number of para-hydroxylation sites is 1. The SMILES string of the molecule is Cc1nc(COc2ccccc2)sc1CC(=O)NCCN(C)C. The highest BCUT2D eigenvalue weighted by atomic mass is 32.1. The van der Waals surface area contributed by atoms with Crippen LogP contribution in [0.5, 0.6) is 5.75 Å². The summed E-state index contributed by atoms with van der Waals surface area (Å²) in [5.74, 6) is 0.859. The van der Waals surface area contributed by atoms with Gasteiger partial charge in [-0.3, -0.25) is 4.79 Å². The van der Waals surface area contributed by atoms with Crippen LogP contribution in [0, 0.1) is 6.92 Å². The van der Waals surface area contributed by atoms with Crippen molar-refractivity contribution in [2.24, 2.45) is 0 Å². The number of thiazole rings is 1. The fourth-order valence-corrected chi connectivity index (χ4v) is 2.98. The van der Waals surface area contributed by atoms with Crippen LogP contribution in [-0.4, -0.2) is 43.0 Å². The molecule has 0 radical (unpaired) electrons. The first-order valence-electron chi connectivity index (χ1n) is 7.59. The van der Waals surface area contributed by atoms with E-state index in [1.807, 2.05) is 56.3 Å². The second-order valence-corrected chi connectivity index (χ2v) is 6.72. The van der Waals surface area contributed by atoms with Gasteiger partial charge in [0.2, 0.25) is 5.91 Å². The fraction of sp³-hybridized carbons (Fsp3) is 0.412. The molecule has 0 spiro atoms. The Kier molecular flexibility index (Phi) is 6.55. The van der Waals surface area contributed by atoms with Gasteiger partial charge in [-0.2, -0.15) is 0 Å². The first-order valence-corrected chi connectivity index (χ1v) is 8.40. The number of ether oxygens (including phenoxy) is 1. The lowest BCUT2D eigenvalue weighted by Gasteiger charge is -2.09. The lowest BCUT2D eigenvalue weighted by molar-refractivity contribution is -0.120. The van der Waals surface area contributed by atoms with Crippen molar-refractivity contribution >= 4 is 17.2 Å². The summed E-state index contributed by atoms with van der Waals surface area (Å²) in [4.78, 5) is 19.5. The maximum atomic E-state index is 12.0. The van der Waals surface area contributed by atoms with Crippen LogP contribution in [0.2, 0.25) is 0 Å². The molecule has 0 bridgehead atoms. The zero-order valence-electron chi connectivity index (χ0n) is 13.8. The molecule has 1 aromatic carbocycles. The van der Waals surface area contributed by atoms with Gasteiger partial charge in [-0.15, -0.1) is 11.3 Å². The molecule has 1 aromatic heterocycles. The third-order valence-corrected chi connectivity index (χ3v) is 4.38. The van der Waals surface area contributed by atoms with Gasteiger partial charge in [-0.25, -0.2) is 4.98 Å². The van der Waals surface area contributed by atoms with Gasteiger partial charge in [0.05, 0.1) is 12.1 Å². The maximum absolute atomic E-state index is 12.0. The van der Waals surface area contributed by atoms with Crippen LogP contribution < -0.4 is 10.1 Å². The summed E-state index contributed by atoms with van der Waals surface area (Å²) in [6, 6.07) is 9.66. The molecule has 0 aliphatic carbocycles. The standard InChI is InChI=1S/C17H23N3O2S/c1-13-15(11-16(21)18-9-10-20(2)3)23-17(19-13)12-22-14-7-5-4-6-8-14/h4-8H,9-12H2,1-3H3,(H,18,21). The van der Waals surface area contributed by atoms with E-state index in [9.17, 15) is 4.79 Å². The number of hydrogen-bond acceptors (Lipinski definition) is 5. The monoisotopic (exact) mass is 333 g/mol. The van der Waals surface area contributed by atoms with E-state index in [2.05, 4.69) is 10.3 Å². The molecule has 0 aliphatic rings. The largest absolute Gasteiger partial charge is 0.486 e. The van der Waals surface area contributed by atoms with E-state index in [0.29, 0.717) is 19.6 Å². The second kappa shape index (κ2) is 8.64. The maximum Gasteiger partial charge on any atom is 0.225 e. The Labute approximate surface area is 141 Å². The highest BCUT2D eigenvalue weighted by molar-refractivity contribution is 7.11. The van der Waals surface area contributed by atoms with Gasteiger partial charge >= 0.3 is 0 Å². The summed E-state index contributed by atoms with van der Waals surface area (Å²) >= 11 is 1.54. The summed E-state index contributed by atoms with van der Waals surface area (Å²) in [5, 5.41) is 3.81. The van der Waals surface area contributed by atoms with Crippen molar-refractivity contribution in [2.45, 2.75) is 20.0 Å². The molecule has 6 heteroatoms. The summed E-state index contributed by atoms with van der Waals surface area (Å²) in [5.41, 5.74) is 0.907. The third kappa shape index (κ3) is 6.00. The molecular weight excluding hydrogens is 310 g/mol. The highest BCUT2D eigenvalue weighted by Crippen LogP contribution is 2.20. The minimum absolute atomic E-state index is 0.0362. The van der Waals surface area contributed by atoms with E-state index in [-0.39, 0.29) is 5.91 Å². The van der Waals surface area contributed by atoms with Crippen molar-refractivity contribution in [3.63, 3.8) is 0 Å². The van der Waals surface area contributed by atoms with Crippen LogP contribution in [0.3, 0.4) is 0 Å². The van der Waals surface area contributed by atoms with Gasteiger partial charge < -0.3 is 15.0 Å². The zero-order chi connectivity index (χ0) is 16.7. The molecule has 0 fully saturated rings. The summed E-state index contributed by atoms with van der Waals surface area (Å²) < 4.78 is 5.70. The molecule has 0 saturated carbocycles. The molecule has 1 heterocycles. The minimum Gasteiger partial charge on any atom is -0.486 e. The first kappa shape index (κ1) is 17.4. The van der Waals surface area contributed by atoms with Gasteiger partial charge in [0, 0.05) is 18.0 Å². The number of aryl methyl sites for hydroxylation is 1. The Morgan fingerprint density at radius 2 is 2.04 bits per heavy atom. The molecule has 2 rings (SSSR count). The summed E-state index contributed by atoms with van der Waals surface area (Å²) in [6.07, 6.45) is 0.377. The molecule has 23 heavy (non-hydrogen) atoms. The molecule has 5 nitrogen and oxygen atoms in total. The topological polar surface area (TPSA) is 54.5 Å². The number of nitrogens with one attached hydrogen (secondary N) is 1. The molecule has 0 atom stereocenters. The Bertz CT molecular complexity index is 626. The number of likely N-dealkylation sites (N-methyl/N-ethyl adjacent to an activating group) is 1. The van der Waals surface area contributed by atoms with E-state index in [1.165, 1.54) is 11.3 Å². The van der Waals surface area contributed by atoms with Gasteiger partial charge in [0.25, 0.3) is 0 Å². The Balaban J connectivity index is 1.84. The number of aromatic nitrogens is 1. The van der Waals surface area contributed by atoms with Crippen LogP contribution in [0.15, 0.2) is 30.3 Å². The van der Waals surface area contributed by atoms with E-state index >= 15 is 0 Å². The lowest BCUT2D eigenvalue weighted by atomic mass is 10.3. The molecular formula is C17H23N3O2S. The quantitative estimate of drug-likeness (QED) is 0.805. The molecule has 2 aromatic rings. The van der Waals surface area contributed by atoms with Gasteiger partial charge in [-0.05, 0) is 33.2 Å². The number of carbonyl (C=O) groups excluding carboxylic acids is 1. The fourth-order valence-electron chi connectivity index (χ4n) is 2.00. The second-order valence-electron chi connectivity index (χ2n) is 5.55. The van der Waals surface area contributed by atoms with Crippen molar-refractivity contribution in [1.29, 1.82) is 0 Å².